The second-order valence-electron chi connectivity index (χ2n) is 5.48. The van der Waals surface area contributed by atoms with E-state index in [0.717, 1.165) is 32.5 Å². The smallest absolute Gasteiger partial charge is 0.314 e. The molecule has 6 heteroatoms. The summed E-state index contributed by atoms with van der Waals surface area (Å²) in [6.07, 6.45) is 3.34. The second-order valence-corrected chi connectivity index (χ2v) is 5.48. The molecule has 0 radical (unpaired) electrons. The van der Waals surface area contributed by atoms with E-state index in [0.29, 0.717) is 19.4 Å². The van der Waals surface area contributed by atoms with Crippen LogP contribution in [-0.4, -0.2) is 54.7 Å². The Kier molecular flexibility index (Phi) is 6.78. The standard InChI is InChI=1S/C14H27N3O3/c1-3-9-17(4-2)10-8-15-13(20)16-11-14(12(18)19)6-5-7-14/h3-11H2,1-2H3,(H,18,19)(H2,15,16,20). The maximum atomic E-state index is 11.6. The molecule has 0 bridgehead atoms. The van der Waals surface area contributed by atoms with E-state index in [2.05, 4.69) is 29.4 Å². The summed E-state index contributed by atoms with van der Waals surface area (Å²) in [6.45, 7) is 7.86. The van der Waals surface area contributed by atoms with Crippen LogP contribution in [0.25, 0.3) is 0 Å². The van der Waals surface area contributed by atoms with Gasteiger partial charge in [-0.25, -0.2) is 4.79 Å². The quantitative estimate of drug-likeness (QED) is 0.596. The molecule has 0 aromatic carbocycles. The summed E-state index contributed by atoms with van der Waals surface area (Å²) in [6, 6.07) is -0.273. The first-order valence-electron chi connectivity index (χ1n) is 7.51. The Bertz CT molecular complexity index is 330. The van der Waals surface area contributed by atoms with Crippen LogP contribution in [0.5, 0.6) is 0 Å². The van der Waals surface area contributed by atoms with Crippen molar-refractivity contribution in [3.05, 3.63) is 0 Å². The van der Waals surface area contributed by atoms with Crippen molar-refractivity contribution in [1.29, 1.82) is 0 Å². The van der Waals surface area contributed by atoms with Crippen molar-refractivity contribution >= 4 is 12.0 Å². The number of nitrogens with one attached hydrogen (secondary N) is 2. The number of hydrogen-bond donors (Lipinski definition) is 3. The fourth-order valence-electron chi connectivity index (χ4n) is 2.45. The zero-order valence-corrected chi connectivity index (χ0v) is 12.6. The fraction of sp³-hybridized carbons (Fsp3) is 0.857. The van der Waals surface area contributed by atoms with Gasteiger partial charge >= 0.3 is 12.0 Å². The highest BCUT2D eigenvalue weighted by Crippen LogP contribution is 2.40. The monoisotopic (exact) mass is 285 g/mol. The van der Waals surface area contributed by atoms with Gasteiger partial charge in [-0.1, -0.05) is 20.3 Å². The number of hydrogen-bond acceptors (Lipinski definition) is 3. The summed E-state index contributed by atoms with van der Waals surface area (Å²) in [5, 5.41) is 14.6. The molecule has 3 N–H and O–H groups in total. The predicted octanol–water partition coefficient (Wildman–Crippen LogP) is 1.27. The highest BCUT2D eigenvalue weighted by atomic mass is 16.4. The van der Waals surface area contributed by atoms with Gasteiger partial charge in [0.2, 0.25) is 0 Å². The van der Waals surface area contributed by atoms with E-state index >= 15 is 0 Å². The maximum absolute atomic E-state index is 11.6. The fourth-order valence-corrected chi connectivity index (χ4v) is 2.45. The summed E-state index contributed by atoms with van der Waals surface area (Å²) in [5.41, 5.74) is -0.727. The van der Waals surface area contributed by atoms with Gasteiger partial charge in [-0.3, -0.25) is 4.79 Å². The molecule has 0 unspecified atom stereocenters. The molecule has 1 rings (SSSR count). The number of carboxylic acid groups (broad SMARTS) is 1. The van der Waals surface area contributed by atoms with Gasteiger partial charge in [0.25, 0.3) is 0 Å². The van der Waals surface area contributed by atoms with Crippen LogP contribution in [0.15, 0.2) is 0 Å². The number of carbonyl (C=O) groups excluding carboxylic acids is 1. The SMILES string of the molecule is CCCN(CC)CCNC(=O)NCC1(C(=O)O)CCC1. The van der Waals surface area contributed by atoms with Crippen LogP contribution in [0.2, 0.25) is 0 Å². The third-order valence-electron chi connectivity index (χ3n) is 4.05. The van der Waals surface area contributed by atoms with Crippen LogP contribution in [0.1, 0.15) is 39.5 Å². The lowest BCUT2D eigenvalue weighted by molar-refractivity contribution is -0.153. The Morgan fingerprint density at radius 2 is 1.90 bits per heavy atom. The Hall–Kier alpha value is -1.30. The third-order valence-corrected chi connectivity index (χ3v) is 4.05. The number of amides is 2. The van der Waals surface area contributed by atoms with Crippen LogP contribution in [0.4, 0.5) is 4.79 Å². The molecule has 1 saturated carbocycles. The number of urea groups is 1. The van der Waals surface area contributed by atoms with E-state index in [9.17, 15) is 9.59 Å². The number of aliphatic carboxylic acids is 1. The van der Waals surface area contributed by atoms with Gasteiger partial charge < -0.3 is 20.6 Å². The van der Waals surface area contributed by atoms with Crippen molar-refractivity contribution in [2.75, 3.05) is 32.7 Å². The molecule has 0 aromatic rings. The molecule has 1 aliphatic rings. The zero-order valence-electron chi connectivity index (χ0n) is 12.6. The van der Waals surface area contributed by atoms with Gasteiger partial charge in [0.05, 0.1) is 5.41 Å². The Labute approximate surface area is 120 Å². The van der Waals surface area contributed by atoms with E-state index in [1.165, 1.54) is 0 Å². The molecule has 20 heavy (non-hydrogen) atoms. The molecule has 1 fully saturated rings. The van der Waals surface area contributed by atoms with Crippen LogP contribution in [0.3, 0.4) is 0 Å². The van der Waals surface area contributed by atoms with Crippen molar-refractivity contribution in [3.63, 3.8) is 0 Å². The highest BCUT2D eigenvalue weighted by molar-refractivity contribution is 5.78. The van der Waals surface area contributed by atoms with E-state index in [1.54, 1.807) is 0 Å². The third kappa shape index (κ3) is 4.67. The Morgan fingerprint density at radius 1 is 1.20 bits per heavy atom. The van der Waals surface area contributed by atoms with E-state index < -0.39 is 11.4 Å². The molecule has 0 heterocycles. The van der Waals surface area contributed by atoms with Gasteiger partial charge in [-0.05, 0) is 32.4 Å². The molecule has 0 aromatic heterocycles. The maximum Gasteiger partial charge on any atom is 0.314 e. The lowest BCUT2D eigenvalue weighted by atomic mass is 9.69. The Morgan fingerprint density at radius 3 is 2.35 bits per heavy atom. The topological polar surface area (TPSA) is 81.7 Å². The van der Waals surface area contributed by atoms with Crippen LogP contribution in [0, 0.1) is 5.41 Å². The van der Waals surface area contributed by atoms with Crippen LogP contribution >= 0.6 is 0 Å². The number of carbonyl (C=O) groups is 2. The van der Waals surface area contributed by atoms with Crippen LogP contribution < -0.4 is 10.6 Å². The lowest BCUT2D eigenvalue weighted by Gasteiger charge is -2.37. The molecule has 2 amide bonds. The van der Waals surface area contributed by atoms with E-state index in [-0.39, 0.29) is 12.6 Å². The Balaban J connectivity index is 2.19. The first-order valence-corrected chi connectivity index (χ1v) is 7.51. The summed E-state index contributed by atoms with van der Waals surface area (Å²) in [5.74, 6) is -0.802. The minimum atomic E-state index is -0.802. The van der Waals surface area contributed by atoms with Crippen LogP contribution in [-0.2, 0) is 4.79 Å². The molecule has 0 spiro atoms. The van der Waals surface area contributed by atoms with Gasteiger partial charge in [0, 0.05) is 19.6 Å². The zero-order chi connectivity index (χ0) is 15.0. The number of likely N-dealkylation sites (N-methyl/N-ethyl adjacent to an activating group) is 1. The van der Waals surface area contributed by atoms with Gasteiger partial charge in [0.15, 0.2) is 0 Å². The largest absolute Gasteiger partial charge is 0.481 e. The van der Waals surface area contributed by atoms with E-state index in [4.69, 9.17) is 5.11 Å². The average Bonchev–Trinajstić information content (AvgIpc) is 2.36. The second kappa shape index (κ2) is 8.09. The normalized spacial score (nSPS) is 16.6. The summed E-state index contributed by atoms with van der Waals surface area (Å²) >= 11 is 0. The molecular formula is C14H27N3O3. The molecule has 0 atom stereocenters. The number of carboxylic acids is 1. The van der Waals surface area contributed by atoms with Gasteiger partial charge in [-0.15, -0.1) is 0 Å². The van der Waals surface area contributed by atoms with Crippen molar-refractivity contribution in [2.45, 2.75) is 39.5 Å². The first kappa shape index (κ1) is 16.8. The van der Waals surface area contributed by atoms with Crippen molar-refractivity contribution in [1.82, 2.24) is 15.5 Å². The molecular weight excluding hydrogens is 258 g/mol. The minimum Gasteiger partial charge on any atom is -0.481 e. The van der Waals surface area contributed by atoms with Crippen molar-refractivity contribution in [2.24, 2.45) is 5.41 Å². The molecule has 6 nitrogen and oxygen atoms in total. The lowest BCUT2D eigenvalue weighted by Crippen LogP contribution is -2.50. The van der Waals surface area contributed by atoms with E-state index in [1.807, 2.05) is 0 Å². The molecule has 0 aliphatic heterocycles. The number of nitrogens with zero attached hydrogens (tertiary/aromatic N) is 1. The minimum absolute atomic E-state index is 0.223. The molecule has 116 valence electrons. The molecule has 0 saturated heterocycles. The summed E-state index contributed by atoms with van der Waals surface area (Å²) < 4.78 is 0. The number of rotatable bonds is 9. The summed E-state index contributed by atoms with van der Waals surface area (Å²) in [7, 11) is 0. The van der Waals surface area contributed by atoms with Gasteiger partial charge in [0.1, 0.15) is 0 Å². The van der Waals surface area contributed by atoms with Crippen molar-refractivity contribution in [3.8, 4) is 0 Å². The van der Waals surface area contributed by atoms with Gasteiger partial charge in [-0.2, -0.15) is 0 Å². The summed E-state index contributed by atoms with van der Waals surface area (Å²) in [4.78, 5) is 25.1. The first-order chi connectivity index (χ1) is 9.54. The predicted molar refractivity (Wildman–Crippen MR) is 77.7 cm³/mol. The molecule has 1 aliphatic carbocycles. The highest BCUT2D eigenvalue weighted by Gasteiger charge is 2.44. The van der Waals surface area contributed by atoms with Crippen molar-refractivity contribution < 1.29 is 14.7 Å². The average molecular weight is 285 g/mol.